The molecule has 0 aliphatic carbocycles. The Labute approximate surface area is 212 Å². The summed E-state index contributed by atoms with van der Waals surface area (Å²) in [6, 6.07) is 2.94. The highest BCUT2D eigenvalue weighted by atomic mass is 16.4. The molecule has 0 saturated carbocycles. The smallest absolute Gasteiger partial charge is 0.326 e. The molecule has 13 nitrogen and oxygen atoms in total. The van der Waals surface area contributed by atoms with Crippen LogP contribution in [-0.4, -0.2) is 87.0 Å². The Balaban J connectivity index is 1.62. The third-order valence-corrected chi connectivity index (χ3v) is 6.38. The van der Waals surface area contributed by atoms with E-state index in [1.54, 1.807) is 6.20 Å². The minimum atomic E-state index is -1.46. The SMILES string of the molecule is NC(=O)CCC(NC(=O)C(CO)NC(=O)C1CCCN1C(=O)C(N)Cc1c[nH]c2ccccc12)C(=O)O. The van der Waals surface area contributed by atoms with Crippen LogP contribution < -0.4 is 22.1 Å². The molecule has 4 atom stereocenters. The second-order valence-corrected chi connectivity index (χ2v) is 9.01. The molecule has 1 aliphatic rings. The molecule has 200 valence electrons. The standard InChI is InChI=1S/C24H32N6O7/c25-15(10-13-11-27-16-5-2-1-4-14(13)16)23(35)30-9-3-6-19(30)22(34)29-18(12-31)21(33)28-17(24(36)37)7-8-20(26)32/h1-2,4-5,11,15,17-19,27,31H,3,6-10,12,25H2,(H2,26,32)(H,28,33)(H,29,34)(H,36,37). The number of carbonyl (C=O) groups is 5. The van der Waals surface area contributed by atoms with Crippen LogP contribution in [0, 0.1) is 0 Å². The number of carboxylic acid groups (broad SMARTS) is 1. The van der Waals surface area contributed by atoms with Gasteiger partial charge in [-0.3, -0.25) is 19.2 Å². The molecule has 13 heteroatoms. The van der Waals surface area contributed by atoms with Crippen LogP contribution in [0.25, 0.3) is 10.9 Å². The van der Waals surface area contributed by atoms with Crippen molar-refractivity contribution >= 4 is 40.5 Å². The number of hydrogen-bond donors (Lipinski definition) is 7. The molecule has 1 fully saturated rings. The van der Waals surface area contributed by atoms with E-state index >= 15 is 0 Å². The predicted molar refractivity (Wildman–Crippen MR) is 132 cm³/mol. The van der Waals surface area contributed by atoms with Crippen molar-refractivity contribution in [2.45, 2.75) is 56.3 Å². The van der Waals surface area contributed by atoms with Gasteiger partial charge in [0.05, 0.1) is 12.6 Å². The summed E-state index contributed by atoms with van der Waals surface area (Å²) in [7, 11) is 0. The Kier molecular flexibility index (Phi) is 9.20. The van der Waals surface area contributed by atoms with Gasteiger partial charge in [-0.1, -0.05) is 18.2 Å². The molecular formula is C24H32N6O7. The van der Waals surface area contributed by atoms with Crippen LogP contribution in [-0.2, 0) is 30.4 Å². The lowest BCUT2D eigenvalue weighted by Gasteiger charge is -2.28. The van der Waals surface area contributed by atoms with E-state index in [9.17, 15) is 34.2 Å². The number of aliphatic carboxylic acids is 1. The molecule has 4 unspecified atom stereocenters. The number of hydrogen-bond acceptors (Lipinski definition) is 7. The van der Waals surface area contributed by atoms with E-state index in [1.165, 1.54) is 4.90 Å². The van der Waals surface area contributed by atoms with Crippen molar-refractivity contribution in [2.75, 3.05) is 13.2 Å². The minimum Gasteiger partial charge on any atom is -0.480 e. The number of primary amides is 1. The van der Waals surface area contributed by atoms with Crippen molar-refractivity contribution in [3.63, 3.8) is 0 Å². The number of nitrogens with zero attached hydrogens (tertiary/aromatic N) is 1. The lowest BCUT2D eigenvalue weighted by atomic mass is 10.0. The number of carboxylic acids is 1. The Bertz CT molecular complexity index is 1170. The number of para-hydroxylation sites is 1. The van der Waals surface area contributed by atoms with E-state index in [2.05, 4.69) is 15.6 Å². The van der Waals surface area contributed by atoms with Crippen LogP contribution in [0.15, 0.2) is 30.5 Å². The van der Waals surface area contributed by atoms with Crippen molar-refractivity contribution in [1.82, 2.24) is 20.5 Å². The number of aliphatic hydroxyl groups is 1. The second kappa shape index (κ2) is 12.3. The summed E-state index contributed by atoms with van der Waals surface area (Å²) in [6.07, 6.45) is 2.43. The first-order valence-electron chi connectivity index (χ1n) is 12.0. The van der Waals surface area contributed by atoms with Gasteiger partial charge in [-0.05, 0) is 37.3 Å². The lowest BCUT2D eigenvalue weighted by molar-refractivity contribution is -0.143. The molecule has 1 aliphatic heterocycles. The summed E-state index contributed by atoms with van der Waals surface area (Å²) in [5.74, 6) is -4.15. The fraction of sp³-hybridized carbons (Fsp3) is 0.458. The third kappa shape index (κ3) is 6.83. The molecular weight excluding hydrogens is 484 g/mol. The molecule has 1 saturated heterocycles. The summed E-state index contributed by atoms with van der Waals surface area (Å²) < 4.78 is 0. The van der Waals surface area contributed by atoms with E-state index in [-0.39, 0.29) is 19.3 Å². The molecule has 2 aromatic rings. The number of fused-ring (bicyclic) bond motifs is 1. The number of aromatic amines is 1. The van der Waals surface area contributed by atoms with Gasteiger partial charge in [0, 0.05) is 30.1 Å². The van der Waals surface area contributed by atoms with Gasteiger partial charge in [0.15, 0.2) is 0 Å². The van der Waals surface area contributed by atoms with E-state index in [0.29, 0.717) is 19.4 Å². The topological polar surface area (TPSA) is 221 Å². The van der Waals surface area contributed by atoms with Crippen molar-refractivity contribution < 1.29 is 34.2 Å². The molecule has 4 amide bonds. The van der Waals surface area contributed by atoms with Gasteiger partial charge < -0.3 is 42.2 Å². The van der Waals surface area contributed by atoms with Gasteiger partial charge in [0.1, 0.15) is 18.1 Å². The van der Waals surface area contributed by atoms with Crippen LogP contribution in [0.4, 0.5) is 0 Å². The quantitative estimate of drug-likeness (QED) is 0.173. The number of likely N-dealkylation sites (tertiary alicyclic amines) is 1. The van der Waals surface area contributed by atoms with Gasteiger partial charge >= 0.3 is 5.97 Å². The molecule has 9 N–H and O–H groups in total. The molecule has 37 heavy (non-hydrogen) atoms. The number of nitrogens with one attached hydrogen (secondary N) is 3. The highest BCUT2D eigenvalue weighted by molar-refractivity contribution is 5.95. The third-order valence-electron chi connectivity index (χ3n) is 6.38. The molecule has 2 heterocycles. The van der Waals surface area contributed by atoms with E-state index in [1.807, 2.05) is 24.3 Å². The maximum absolute atomic E-state index is 13.1. The maximum Gasteiger partial charge on any atom is 0.326 e. The van der Waals surface area contributed by atoms with Crippen molar-refractivity contribution in [3.05, 3.63) is 36.0 Å². The summed E-state index contributed by atoms with van der Waals surface area (Å²) in [6.45, 7) is -0.497. The average Bonchev–Trinajstić information content (AvgIpc) is 3.51. The monoisotopic (exact) mass is 516 g/mol. The van der Waals surface area contributed by atoms with Crippen LogP contribution in [0.3, 0.4) is 0 Å². The molecule has 0 bridgehead atoms. The number of amides is 4. The van der Waals surface area contributed by atoms with Gasteiger partial charge in [0.2, 0.25) is 23.6 Å². The van der Waals surface area contributed by atoms with E-state index < -0.39 is 60.4 Å². The Morgan fingerprint density at radius 1 is 1.14 bits per heavy atom. The van der Waals surface area contributed by atoms with E-state index in [4.69, 9.17) is 11.5 Å². The van der Waals surface area contributed by atoms with Gasteiger partial charge in [-0.25, -0.2) is 4.79 Å². The van der Waals surface area contributed by atoms with Gasteiger partial charge in [-0.2, -0.15) is 0 Å². The number of carbonyl (C=O) groups excluding carboxylic acids is 4. The number of rotatable bonds is 12. The molecule has 0 spiro atoms. The van der Waals surface area contributed by atoms with Crippen molar-refractivity contribution in [1.29, 1.82) is 0 Å². The lowest BCUT2D eigenvalue weighted by Crippen LogP contribution is -2.57. The van der Waals surface area contributed by atoms with Crippen molar-refractivity contribution in [2.24, 2.45) is 11.5 Å². The molecule has 1 aromatic carbocycles. The number of aliphatic hydroxyl groups excluding tert-OH is 1. The van der Waals surface area contributed by atoms with Crippen LogP contribution in [0.1, 0.15) is 31.2 Å². The first-order valence-corrected chi connectivity index (χ1v) is 12.0. The largest absolute Gasteiger partial charge is 0.480 e. The fourth-order valence-corrected chi connectivity index (χ4v) is 4.42. The van der Waals surface area contributed by atoms with Crippen molar-refractivity contribution in [3.8, 4) is 0 Å². The van der Waals surface area contributed by atoms with Gasteiger partial charge in [0.25, 0.3) is 0 Å². The first kappa shape index (κ1) is 27.6. The zero-order valence-electron chi connectivity index (χ0n) is 20.2. The molecule has 3 rings (SSSR count). The zero-order chi connectivity index (χ0) is 27.1. The number of benzene rings is 1. The zero-order valence-corrected chi connectivity index (χ0v) is 20.2. The highest BCUT2D eigenvalue weighted by Gasteiger charge is 2.38. The molecule has 0 radical (unpaired) electrons. The van der Waals surface area contributed by atoms with Crippen LogP contribution >= 0.6 is 0 Å². The maximum atomic E-state index is 13.1. The average molecular weight is 517 g/mol. The first-order chi connectivity index (χ1) is 17.6. The Hall–Kier alpha value is -3.97. The van der Waals surface area contributed by atoms with Crippen LogP contribution in [0.5, 0.6) is 0 Å². The summed E-state index contributed by atoms with van der Waals surface area (Å²) in [5, 5.41) is 24.4. The second-order valence-electron chi connectivity index (χ2n) is 9.01. The predicted octanol–water partition coefficient (Wildman–Crippen LogP) is -1.66. The number of H-pyrrole nitrogens is 1. The minimum absolute atomic E-state index is 0.248. The summed E-state index contributed by atoms with van der Waals surface area (Å²) in [4.78, 5) is 65.5. The van der Waals surface area contributed by atoms with Crippen LogP contribution in [0.2, 0.25) is 0 Å². The highest BCUT2D eigenvalue weighted by Crippen LogP contribution is 2.22. The summed E-state index contributed by atoms with van der Waals surface area (Å²) in [5.41, 5.74) is 13.0. The Morgan fingerprint density at radius 2 is 1.86 bits per heavy atom. The Morgan fingerprint density at radius 3 is 2.54 bits per heavy atom. The number of aromatic nitrogens is 1. The molecule has 1 aromatic heterocycles. The summed E-state index contributed by atoms with van der Waals surface area (Å²) >= 11 is 0. The fourth-order valence-electron chi connectivity index (χ4n) is 4.42. The van der Waals surface area contributed by atoms with Gasteiger partial charge in [-0.15, -0.1) is 0 Å². The van der Waals surface area contributed by atoms with E-state index in [0.717, 1.165) is 16.5 Å². The normalized spacial score (nSPS) is 17.7. The number of nitrogens with two attached hydrogens (primary N) is 2.